The maximum atomic E-state index is 10.9. The Kier molecular flexibility index (Phi) is 6.28. The van der Waals surface area contributed by atoms with Gasteiger partial charge in [0.2, 0.25) is 0 Å². The first-order chi connectivity index (χ1) is 7.26. The lowest BCUT2D eigenvalue weighted by Crippen LogP contribution is -2.25. The van der Waals surface area contributed by atoms with Crippen LogP contribution in [0.5, 0.6) is 0 Å². The first-order valence-corrected chi connectivity index (χ1v) is 7.11. The molecule has 0 unspecified atom stereocenters. The van der Waals surface area contributed by atoms with Crippen LogP contribution in [-0.2, 0) is 14.6 Å². The van der Waals surface area contributed by atoms with E-state index in [1.807, 2.05) is 0 Å². The Morgan fingerprint density at radius 1 is 1.44 bits per heavy atom. The minimum Gasteiger partial charge on any atom is -0.478 e. The molecule has 0 amide bonds. The highest BCUT2D eigenvalue weighted by Gasteiger charge is 2.07. The Morgan fingerprint density at radius 2 is 2.00 bits per heavy atom. The van der Waals surface area contributed by atoms with Gasteiger partial charge in [0.05, 0.1) is 5.75 Å². The summed E-state index contributed by atoms with van der Waals surface area (Å²) in [5, 5.41) is 8.76. The molecular formula is C10H19NO4S. The topological polar surface area (TPSA) is 74.7 Å². The SMILES string of the molecule is CCC(=CCN(C)CCS(C)(=O)=O)C(=O)O. The molecule has 0 radical (unpaired) electrons. The maximum absolute atomic E-state index is 10.9. The Morgan fingerprint density at radius 3 is 2.38 bits per heavy atom. The van der Waals surface area contributed by atoms with E-state index in [1.165, 1.54) is 6.26 Å². The van der Waals surface area contributed by atoms with Crippen molar-refractivity contribution in [1.29, 1.82) is 0 Å². The molecule has 1 N–H and O–H groups in total. The van der Waals surface area contributed by atoms with Crippen LogP contribution in [-0.4, -0.2) is 56.5 Å². The molecule has 0 heterocycles. The van der Waals surface area contributed by atoms with Gasteiger partial charge >= 0.3 is 5.97 Å². The fourth-order valence-electron chi connectivity index (χ4n) is 1.06. The quantitative estimate of drug-likeness (QED) is 0.660. The molecule has 0 saturated carbocycles. The van der Waals surface area contributed by atoms with Gasteiger partial charge in [-0.1, -0.05) is 13.0 Å². The van der Waals surface area contributed by atoms with Crippen molar-refractivity contribution in [2.45, 2.75) is 13.3 Å². The maximum Gasteiger partial charge on any atom is 0.331 e. The van der Waals surface area contributed by atoms with Crippen LogP contribution < -0.4 is 0 Å². The molecular weight excluding hydrogens is 230 g/mol. The lowest BCUT2D eigenvalue weighted by atomic mass is 10.2. The number of sulfone groups is 1. The van der Waals surface area contributed by atoms with Gasteiger partial charge < -0.3 is 10.0 Å². The summed E-state index contributed by atoms with van der Waals surface area (Å²) < 4.78 is 21.8. The summed E-state index contributed by atoms with van der Waals surface area (Å²) in [6, 6.07) is 0. The Bertz CT molecular complexity index is 359. The summed E-state index contributed by atoms with van der Waals surface area (Å²) in [5.41, 5.74) is 0.353. The van der Waals surface area contributed by atoms with Gasteiger partial charge in [0.15, 0.2) is 0 Å². The molecule has 94 valence electrons. The summed E-state index contributed by atoms with van der Waals surface area (Å²) in [7, 11) is -1.20. The van der Waals surface area contributed by atoms with Crippen molar-refractivity contribution >= 4 is 15.8 Å². The zero-order valence-electron chi connectivity index (χ0n) is 9.93. The van der Waals surface area contributed by atoms with Crippen LogP contribution in [0.4, 0.5) is 0 Å². The number of hydrogen-bond acceptors (Lipinski definition) is 4. The monoisotopic (exact) mass is 249 g/mol. The van der Waals surface area contributed by atoms with Gasteiger partial charge in [-0.25, -0.2) is 13.2 Å². The number of rotatable bonds is 7. The zero-order chi connectivity index (χ0) is 12.8. The largest absolute Gasteiger partial charge is 0.478 e. The van der Waals surface area contributed by atoms with Crippen molar-refractivity contribution in [2.75, 3.05) is 32.1 Å². The number of carbonyl (C=O) groups is 1. The summed E-state index contributed by atoms with van der Waals surface area (Å²) in [6.07, 6.45) is 3.27. The third kappa shape index (κ3) is 7.42. The highest BCUT2D eigenvalue weighted by molar-refractivity contribution is 7.90. The van der Waals surface area contributed by atoms with Crippen molar-refractivity contribution < 1.29 is 18.3 Å². The van der Waals surface area contributed by atoms with E-state index in [-0.39, 0.29) is 5.75 Å². The van der Waals surface area contributed by atoms with Crippen molar-refractivity contribution in [3.63, 3.8) is 0 Å². The van der Waals surface area contributed by atoms with E-state index in [2.05, 4.69) is 0 Å². The fraction of sp³-hybridized carbons (Fsp3) is 0.700. The molecule has 6 heteroatoms. The molecule has 0 saturated heterocycles. The van der Waals surface area contributed by atoms with Crippen LogP contribution in [0, 0.1) is 0 Å². The molecule has 0 aromatic carbocycles. The molecule has 0 aliphatic carbocycles. The molecule has 0 aliphatic rings. The van der Waals surface area contributed by atoms with Gasteiger partial charge in [-0.05, 0) is 13.5 Å². The van der Waals surface area contributed by atoms with Crippen LogP contribution in [0.25, 0.3) is 0 Å². The van der Waals surface area contributed by atoms with Gasteiger partial charge in [-0.2, -0.15) is 0 Å². The van der Waals surface area contributed by atoms with E-state index in [1.54, 1.807) is 24.9 Å². The van der Waals surface area contributed by atoms with Crippen molar-refractivity contribution in [3.8, 4) is 0 Å². The minimum absolute atomic E-state index is 0.0892. The Balaban J connectivity index is 4.15. The summed E-state index contributed by atoms with van der Waals surface area (Å²) >= 11 is 0. The minimum atomic E-state index is -2.96. The van der Waals surface area contributed by atoms with Gasteiger partial charge in [0, 0.05) is 24.9 Å². The second-order valence-electron chi connectivity index (χ2n) is 3.78. The van der Waals surface area contributed by atoms with Crippen LogP contribution in [0.15, 0.2) is 11.6 Å². The molecule has 0 spiro atoms. The predicted octanol–water partition coefficient (Wildman–Crippen LogP) is 0.384. The highest BCUT2D eigenvalue weighted by atomic mass is 32.2. The third-order valence-electron chi connectivity index (χ3n) is 2.15. The third-order valence-corrected chi connectivity index (χ3v) is 3.07. The molecule has 0 fully saturated rings. The summed E-state index contributed by atoms with van der Waals surface area (Å²) in [4.78, 5) is 12.5. The first kappa shape index (κ1) is 15.1. The Labute approximate surface area is 96.7 Å². The number of likely N-dealkylation sites (N-methyl/N-ethyl adjacent to an activating group) is 1. The van der Waals surface area contributed by atoms with E-state index in [4.69, 9.17) is 5.11 Å². The molecule has 5 nitrogen and oxygen atoms in total. The molecule has 0 aromatic heterocycles. The summed E-state index contributed by atoms with van der Waals surface area (Å²) in [6.45, 7) is 2.63. The normalized spacial score (nSPS) is 13.1. The van der Waals surface area contributed by atoms with Gasteiger partial charge in [-0.3, -0.25) is 0 Å². The molecule has 0 atom stereocenters. The Hall–Kier alpha value is -0.880. The van der Waals surface area contributed by atoms with E-state index < -0.39 is 15.8 Å². The van der Waals surface area contributed by atoms with Crippen LogP contribution in [0.1, 0.15) is 13.3 Å². The molecule has 0 bridgehead atoms. The molecule has 0 aliphatic heterocycles. The number of nitrogens with zero attached hydrogens (tertiary/aromatic N) is 1. The van der Waals surface area contributed by atoms with Gasteiger partial charge in [-0.15, -0.1) is 0 Å². The molecule has 0 rings (SSSR count). The average Bonchev–Trinajstić information content (AvgIpc) is 2.14. The number of aliphatic carboxylic acids is 1. The van der Waals surface area contributed by atoms with Crippen LogP contribution >= 0.6 is 0 Å². The summed E-state index contributed by atoms with van der Waals surface area (Å²) in [5.74, 6) is -0.828. The van der Waals surface area contributed by atoms with Crippen LogP contribution in [0.2, 0.25) is 0 Å². The fourth-order valence-corrected chi connectivity index (χ4v) is 1.71. The first-order valence-electron chi connectivity index (χ1n) is 5.05. The van der Waals surface area contributed by atoms with Gasteiger partial charge in [0.1, 0.15) is 9.84 Å². The van der Waals surface area contributed by atoms with Crippen LogP contribution in [0.3, 0.4) is 0 Å². The second-order valence-corrected chi connectivity index (χ2v) is 6.04. The number of carboxylic acid groups (broad SMARTS) is 1. The molecule has 16 heavy (non-hydrogen) atoms. The van der Waals surface area contributed by atoms with Crippen molar-refractivity contribution in [3.05, 3.63) is 11.6 Å². The smallest absolute Gasteiger partial charge is 0.331 e. The predicted molar refractivity (Wildman–Crippen MR) is 63.2 cm³/mol. The van der Waals surface area contributed by atoms with E-state index in [0.717, 1.165) is 0 Å². The standard InChI is InChI=1S/C10H19NO4S/c1-4-9(10(12)13)5-6-11(2)7-8-16(3,14)15/h5H,4,6-8H2,1-3H3,(H,12,13). The lowest BCUT2D eigenvalue weighted by Gasteiger charge is -2.13. The highest BCUT2D eigenvalue weighted by Crippen LogP contribution is 2.00. The number of hydrogen-bond donors (Lipinski definition) is 1. The van der Waals surface area contributed by atoms with Crippen molar-refractivity contribution in [2.24, 2.45) is 0 Å². The molecule has 0 aromatic rings. The lowest BCUT2D eigenvalue weighted by molar-refractivity contribution is -0.132. The zero-order valence-corrected chi connectivity index (χ0v) is 10.7. The average molecular weight is 249 g/mol. The van der Waals surface area contributed by atoms with Gasteiger partial charge in [0.25, 0.3) is 0 Å². The van der Waals surface area contributed by atoms with Crippen molar-refractivity contribution in [1.82, 2.24) is 4.90 Å². The second kappa shape index (κ2) is 6.65. The van der Waals surface area contributed by atoms with E-state index >= 15 is 0 Å². The van der Waals surface area contributed by atoms with E-state index in [9.17, 15) is 13.2 Å². The number of carboxylic acids is 1. The van der Waals surface area contributed by atoms with E-state index in [0.29, 0.717) is 25.1 Å².